The second kappa shape index (κ2) is 9.45. The van der Waals surface area contributed by atoms with Crippen molar-refractivity contribution in [2.24, 2.45) is 4.99 Å². The molecule has 2 aromatic rings. The van der Waals surface area contributed by atoms with Gasteiger partial charge in [0.2, 0.25) is 0 Å². The van der Waals surface area contributed by atoms with Crippen molar-refractivity contribution < 1.29 is 0 Å². The number of aryl methyl sites for hydroxylation is 2. The molecule has 0 radical (unpaired) electrons. The molecule has 1 fully saturated rings. The SMILES string of the molecule is Cc1ccc(N=C(Nc2ccc(C)cc2)c2c3cccccc-3nc2N2CCCCC2)cc1. The molecular formula is C29H30N4. The maximum atomic E-state index is 5.12. The molecule has 166 valence electrons. The minimum atomic E-state index is 0.831. The van der Waals surface area contributed by atoms with Gasteiger partial charge in [0, 0.05) is 24.3 Å². The molecule has 0 amide bonds. The molecule has 33 heavy (non-hydrogen) atoms. The van der Waals surface area contributed by atoms with Crippen molar-refractivity contribution in [1.29, 1.82) is 0 Å². The van der Waals surface area contributed by atoms with Crippen molar-refractivity contribution in [3.8, 4) is 11.3 Å². The molecule has 5 rings (SSSR count). The number of hydrogen-bond donors (Lipinski definition) is 1. The van der Waals surface area contributed by atoms with E-state index in [0.29, 0.717) is 0 Å². The van der Waals surface area contributed by atoms with Crippen LogP contribution in [-0.4, -0.2) is 23.9 Å². The molecule has 0 spiro atoms. The summed E-state index contributed by atoms with van der Waals surface area (Å²) < 4.78 is 0. The Kier molecular flexibility index (Phi) is 6.07. The van der Waals surface area contributed by atoms with Crippen molar-refractivity contribution >= 4 is 23.0 Å². The average molecular weight is 435 g/mol. The minimum absolute atomic E-state index is 0.831. The molecule has 2 aromatic carbocycles. The molecule has 2 heterocycles. The summed E-state index contributed by atoms with van der Waals surface area (Å²) in [7, 11) is 0. The third-order valence-corrected chi connectivity index (χ3v) is 6.22. The number of nitrogens with zero attached hydrogens (tertiary/aromatic N) is 3. The topological polar surface area (TPSA) is 40.5 Å². The lowest BCUT2D eigenvalue weighted by Crippen LogP contribution is -2.31. The van der Waals surface area contributed by atoms with Crippen molar-refractivity contribution in [1.82, 2.24) is 4.98 Å². The number of piperidine rings is 1. The number of benzene rings is 2. The van der Waals surface area contributed by atoms with Crippen LogP contribution in [0.1, 0.15) is 36.0 Å². The van der Waals surface area contributed by atoms with Crippen LogP contribution in [0.2, 0.25) is 0 Å². The maximum Gasteiger partial charge on any atom is 0.142 e. The van der Waals surface area contributed by atoms with Crippen molar-refractivity contribution in [3.63, 3.8) is 0 Å². The highest BCUT2D eigenvalue weighted by Crippen LogP contribution is 2.36. The summed E-state index contributed by atoms with van der Waals surface area (Å²) in [5, 5.41) is 3.64. The van der Waals surface area contributed by atoms with Gasteiger partial charge in [0.05, 0.1) is 16.9 Å². The van der Waals surface area contributed by atoms with Gasteiger partial charge in [0.1, 0.15) is 11.7 Å². The molecule has 2 aliphatic heterocycles. The number of rotatable bonds is 4. The number of hydrogen-bond acceptors (Lipinski definition) is 3. The van der Waals surface area contributed by atoms with E-state index in [9.17, 15) is 0 Å². The number of aliphatic imine (C=N–C) groups is 1. The van der Waals surface area contributed by atoms with Gasteiger partial charge >= 0.3 is 0 Å². The van der Waals surface area contributed by atoms with Gasteiger partial charge in [-0.3, -0.25) is 0 Å². The molecule has 0 bridgehead atoms. The van der Waals surface area contributed by atoms with Crippen LogP contribution in [0.15, 0.2) is 83.9 Å². The molecule has 0 atom stereocenters. The molecule has 4 nitrogen and oxygen atoms in total. The zero-order valence-electron chi connectivity index (χ0n) is 19.4. The third-order valence-electron chi connectivity index (χ3n) is 6.22. The van der Waals surface area contributed by atoms with E-state index in [-0.39, 0.29) is 0 Å². The average Bonchev–Trinajstić information content (AvgIpc) is 3.04. The van der Waals surface area contributed by atoms with Crippen LogP contribution in [0, 0.1) is 13.8 Å². The number of amidine groups is 1. The summed E-state index contributed by atoms with van der Waals surface area (Å²) in [5.41, 5.74) is 7.59. The van der Waals surface area contributed by atoms with Gasteiger partial charge in [-0.2, -0.15) is 0 Å². The first kappa shape index (κ1) is 21.2. The van der Waals surface area contributed by atoms with Crippen LogP contribution in [0.4, 0.5) is 17.2 Å². The molecule has 1 aliphatic carbocycles. The highest BCUT2D eigenvalue weighted by atomic mass is 15.2. The van der Waals surface area contributed by atoms with Crippen LogP contribution in [0.5, 0.6) is 0 Å². The van der Waals surface area contributed by atoms with E-state index >= 15 is 0 Å². The van der Waals surface area contributed by atoms with Crippen LogP contribution in [0.3, 0.4) is 0 Å². The molecular weight excluding hydrogens is 404 g/mol. The van der Waals surface area contributed by atoms with Crippen molar-refractivity contribution in [3.05, 3.63) is 95.6 Å². The number of nitrogens with one attached hydrogen (secondary N) is 1. The Bertz CT molecular complexity index is 1220. The molecule has 0 saturated carbocycles. The van der Waals surface area contributed by atoms with Crippen molar-refractivity contribution in [2.75, 3.05) is 23.3 Å². The zero-order chi connectivity index (χ0) is 22.6. The molecule has 0 aromatic heterocycles. The van der Waals surface area contributed by atoms with E-state index < -0.39 is 0 Å². The third kappa shape index (κ3) is 4.75. The van der Waals surface area contributed by atoms with Crippen LogP contribution in [-0.2, 0) is 0 Å². The first-order valence-corrected chi connectivity index (χ1v) is 11.8. The Morgan fingerprint density at radius 2 is 1.45 bits per heavy atom. The van der Waals surface area contributed by atoms with Gasteiger partial charge < -0.3 is 10.2 Å². The number of anilines is 2. The Morgan fingerprint density at radius 3 is 2.18 bits per heavy atom. The lowest BCUT2D eigenvalue weighted by atomic mass is 10.1. The Labute approximate surface area is 196 Å². The van der Waals surface area contributed by atoms with E-state index in [2.05, 4.69) is 103 Å². The van der Waals surface area contributed by atoms with Gasteiger partial charge in [0.25, 0.3) is 0 Å². The van der Waals surface area contributed by atoms with E-state index in [4.69, 9.17) is 9.98 Å². The largest absolute Gasteiger partial charge is 0.356 e. The maximum absolute atomic E-state index is 5.12. The Morgan fingerprint density at radius 1 is 0.788 bits per heavy atom. The fourth-order valence-electron chi connectivity index (χ4n) is 4.37. The first-order chi connectivity index (χ1) is 16.2. The summed E-state index contributed by atoms with van der Waals surface area (Å²) in [6, 6.07) is 27.3. The predicted molar refractivity (Wildman–Crippen MR) is 139 cm³/mol. The van der Waals surface area contributed by atoms with E-state index in [1.807, 2.05) is 0 Å². The fourth-order valence-corrected chi connectivity index (χ4v) is 4.37. The zero-order valence-corrected chi connectivity index (χ0v) is 19.4. The summed E-state index contributed by atoms with van der Waals surface area (Å²) in [5.74, 6) is 1.86. The first-order valence-electron chi connectivity index (χ1n) is 11.8. The smallest absolute Gasteiger partial charge is 0.142 e. The minimum Gasteiger partial charge on any atom is -0.356 e. The Balaban J connectivity index is 1.68. The lowest BCUT2D eigenvalue weighted by Gasteiger charge is -2.28. The molecule has 3 aliphatic rings. The quantitative estimate of drug-likeness (QED) is 0.278. The van der Waals surface area contributed by atoms with E-state index in [0.717, 1.165) is 52.9 Å². The highest BCUT2D eigenvalue weighted by molar-refractivity contribution is 6.16. The van der Waals surface area contributed by atoms with Crippen molar-refractivity contribution in [2.45, 2.75) is 33.1 Å². The predicted octanol–water partition coefficient (Wildman–Crippen LogP) is 6.98. The summed E-state index contributed by atoms with van der Waals surface area (Å²) in [6.45, 7) is 6.27. The standard InChI is InChI=1S/C29H30N4/c1-21-11-15-23(16-12-21)30-28(31-24-17-13-22(2)14-18-24)27-25-9-5-3-6-10-26(25)32-29(27)33-19-7-4-8-20-33/h3,5-6,9-18H,4,7-8,19-20H2,1-2H3,(H,30,31). The monoisotopic (exact) mass is 434 g/mol. The molecule has 1 N–H and O–H groups in total. The second-order valence-corrected chi connectivity index (χ2v) is 8.85. The van der Waals surface area contributed by atoms with Gasteiger partial charge in [-0.25, -0.2) is 9.98 Å². The highest BCUT2D eigenvalue weighted by Gasteiger charge is 2.26. The van der Waals surface area contributed by atoms with E-state index in [1.165, 1.54) is 30.4 Å². The molecule has 4 heteroatoms. The van der Waals surface area contributed by atoms with Gasteiger partial charge in [-0.1, -0.05) is 59.7 Å². The molecule has 0 unspecified atom stereocenters. The number of fused-ring (bicyclic) bond motifs is 1. The van der Waals surface area contributed by atoms with Crippen LogP contribution in [0.25, 0.3) is 11.3 Å². The summed E-state index contributed by atoms with van der Waals surface area (Å²) in [6.07, 6.45) is 3.69. The van der Waals surface area contributed by atoms with Gasteiger partial charge in [-0.15, -0.1) is 0 Å². The lowest BCUT2D eigenvalue weighted by molar-refractivity contribution is 0.574. The van der Waals surface area contributed by atoms with Gasteiger partial charge in [-0.05, 0) is 63.4 Å². The second-order valence-electron chi connectivity index (χ2n) is 8.85. The van der Waals surface area contributed by atoms with Crippen LogP contribution >= 0.6 is 0 Å². The summed E-state index contributed by atoms with van der Waals surface area (Å²) >= 11 is 0. The van der Waals surface area contributed by atoms with E-state index in [1.54, 1.807) is 0 Å². The number of aromatic nitrogens is 1. The summed E-state index contributed by atoms with van der Waals surface area (Å²) in [4.78, 5) is 12.7. The Hall–Kier alpha value is -3.66. The van der Waals surface area contributed by atoms with Crippen LogP contribution < -0.4 is 10.2 Å². The normalized spacial score (nSPS) is 14.5. The molecule has 1 saturated heterocycles. The fraction of sp³-hybridized carbons (Fsp3) is 0.241. The van der Waals surface area contributed by atoms with Gasteiger partial charge in [0.15, 0.2) is 0 Å².